The Kier molecular flexibility index (Phi) is 5.30. The second kappa shape index (κ2) is 6.72. The highest BCUT2D eigenvalue weighted by molar-refractivity contribution is 7.92. The molecule has 0 saturated carbocycles. The highest BCUT2D eigenvalue weighted by Gasteiger charge is 2.48. The number of halogens is 1. The zero-order valence-corrected chi connectivity index (χ0v) is 15.0. The Bertz CT molecular complexity index is 814. The fourth-order valence-electron chi connectivity index (χ4n) is 2.77. The van der Waals surface area contributed by atoms with Crippen LogP contribution in [0.3, 0.4) is 0 Å². The predicted molar refractivity (Wildman–Crippen MR) is 95.2 cm³/mol. The highest BCUT2D eigenvalue weighted by atomic mass is 35.5. The zero-order valence-electron chi connectivity index (χ0n) is 12.5. The molecule has 2 heterocycles. The number of nitrogens with zero attached hydrogens (tertiary/aromatic N) is 1. The van der Waals surface area contributed by atoms with Gasteiger partial charge in [0.2, 0.25) is 5.91 Å². The molecule has 1 saturated heterocycles. The maximum absolute atomic E-state index is 12.7. The molecule has 1 aromatic heterocycles. The van der Waals surface area contributed by atoms with Crippen LogP contribution in [-0.4, -0.2) is 43.4 Å². The molecule has 1 fully saturated rings. The van der Waals surface area contributed by atoms with E-state index in [1.807, 2.05) is 12.1 Å². The molecule has 9 heteroatoms. The van der Waals surface area contributed by atoms with Crippen LogP contribution in [0.2, 0.25) is 0 Å². The van der Waals surface area contributed by atoms with Gasteiger partial charge in [-0.1, -0.05) is 0 Å². The van der Waals surface area contributed by atoms with Gasteiger partial charge in [0.1, 0.15) is 0 Å². The molecule has 3 rings (SSSR count). The van der Waals surface area contributed by atoms with Gasteiger partial charge in [-0.05, 0) is 44.1 Å². The summed E-state index contributed by atoms with van der Waals surface area (Å²) >= 11 is 1.48. The summed E-state index contributed by atoms with van der Waals surface area (Å²) in [7, 11) is -3.50. The maximum Gasteiger partial charge on any atom is 0.245 e. The molecule has 1 aliphatic rings. The number of sulfone groups is 1. The minimum absolute atomic E-state index is 0. The molecule has 0 bridgehead atoms. The Morgan fingerprint density at radius 3 is 2.70 bits per heavy atom. The van der Waals surface area contributed by atoms with Crippen LogP contribution in [0.25, 0.3) is 10.2 Å². The summed E-state index contributed by atoms with van der Waals surface area (Å²) in [6.07, 6.45) is 1.73. The third-order valence-corrected chi connectivity index (χ3v) is 6.93. The van der Waals surface area contributed by atoms with Gasteiger partial charge in [-0.15, -0.1) is 23.7 Å². The number of hydrogen-bond acceptors (Lipinski definition) is 6. The van der Waals surface area contributed by atoms with Crippen LogP contribution in [-0.2, 0) is 14.6 Å². The molecule has 0 unspecified atom stereocenters. The lowest BCUT2D eigenvalue weighted by molar-refractivity contribution is -0.119. The van der Waals surface area contributed by atoms with Gasteiger partial charge in [0, 0.05) is 11.9 Å². The molecular formula is C14H18ClN3O3S2. The van der Waals surface area contributed by atoms with Crippen LogP contribution in [0, 0.1) is 0 Å². The Morgan fingerprint density at radius 2 is 2.04 bits per heavy atom. The summed E-state index contributed by atoms with van der Waals surface area (Å²) in [6.45, 7) is 1.04. The summed E-state index contributed by atoms with van der Waals surface area (Å²) in [5, 5.41) is 5.87. The number of rotatable bonds is 3. The number of anilines is 1. The van der Waals surface area contributed by atoms with Gasteiger partial charge < -0.3 is 10.6 Å². The Hall–Kier alpha value is -1.22. The van der Waals surface area contributed by atoms with Gasteiger partial charge in [-0.25, -0.2) is 13.4 Å². The molecule has 126 valence electrons. The molecule has 2 aromatic rings. The van der Waals surface area contributed by atoms with Gasteiger partial charge in [0.25, 0.3) is 0 Å². The van der Waals surface area contributed by atoms with Gasteiger partial charge in [-0.2, -0.15) is 0 Å². The SMILES string of the molecule is CS(=O)(=O)C1(C(=O)Nc2ccc3ncsc3c2)CCNCC1.Cl. The van der Waals surface area contributed by atoms with E-state index in [0.29, 0.717) is 31.6 Å². The van der Waals surface area contributed by atoms with E-state index < -0.39 is 20.5 Å². The molecule has 1 amide bonds. The van der Waals surface area contributed by atoms with Crippen molar-refractivity contribution < 1.29 is 13.2 Å². The summed E-state index contributed by atoms with van der Waals surface area (Å²) in [6, 6.07) is 5.38. The third-order valence-electron chi connectivity index (χ3n) is 4.12. The number of fused-ring (bicyclic) bond motifs is 1. The Balaban J connectivity index is 0.00000192. The highest BCUT2D eigenvalue weighted by Crippen LogP contribution is 2.30. The van der Waals surface area contributed by atoms with E-state index in [1.165, 1.54) is 11.3 Å². The number of amides is 1. The molecule has 0 aliphatic carbocycles. The number of hydrogen-bond donors (Lipinski definition) is 2. The molecular weight excluding hydrogens is 358 g/mol. The number of piperidine rings is 1. The van der Waals surface area contributed by atoms with E-state index in [2.05, 4.69) is 15.6 Å². The maximum atomic E-state index is 12.7. The van der Waals surface area contributed by atoms with Crippen molar-refractivity contribution in [2.75, 3.05) is 24.7 Å². The van der Waals surface area contributed by atoms with E-state index in [4.69, 9.17) is 0 Å². The van der Waals surface area contributed by atoms with Crippen LogP contribution in [0.5, 0.6) is 0 Å². The number of carbonyl (C=O) groups is 1. The van der Waals surface area contributed by atoms with Gasteiger partial charge in [0.15, 0.2) is 14.6 Å². The molecule has 1 aliphatic heterocycles. The topological polar surface area (TPSA) is 88.2 Å². The largest absolute Gasteiger partial charge is 0.325 e. The van der Waals surface area contributed by atoms with E-state index in [-0.39, 0.29) is 12.4 Å². The first-order valence-corrected chi connectivity index (χ1v) is 9.74. The lowest BCUT2D eigenvalue weighted by atomic mass is 9.95. The first-order chi connectivity index (χ1) is 10.4. The second-order valence-corrected chi connectivity index (χ2v) is 8.72. The van der Waals surface area contributed by atoms with Crippen molar-refractivity contribution in [3.05, 3.63) is 23.7 Å². The number of carbonyl (C=O) groups excluding carboxylic acids is 1. The minimum Gasteiger partial charge on any atom is -0.325 e. The molecule has 0 spiro atoms. The molecule has 1 aromatic carbocycles. The van der Waals surface area contributed by atoms with Crippen molar-refractivity contribution in [3.8, 4) is 0 Å². The van der Waals surface area contributed by atoms with Crippen molar-refractivity contribution in [2.45, 2.75) is 17.6 Å². The third kappa shape index (κ3) is 3.35. The average molecular weight is 376 g/mol. The van der Waals surface area contributed by atoms with Gasteiger partial charge >= 0.3 is 0 Å². The molecule has 0 radical (unpaired) electrons. The van der Waals surface area contributed by atoms with Crippen LogP contribution in [0.1, 0.15) is 12.8 Å². The van der Waals surface area contributed by atoms with Crippen molar-refractivity contribution in [2.24, 2.45) is 0 Å². The zero-order chi connectivity index (χ0) is 15.8. The molecule has 6 nitrogen and oxygen atoms in total. The normalized spacial score (nSPS) is 17.4. The van der Waals surface area contributed by atoms with Crippen LogP contribution >= 0.6 is 23.7 Å². The van der Waals surface area contributed by atoms with E-state index in [0.717, 1.165) is 16.5 Å². The fraction of sp³-hybridized carbons (Fsp3) is 0.429. The second-order valence-electron chi connectivity index (χ2n) is 5.51. The van der Waals surface area contributed by atoms with E-state index >= 15 is 0 Å². The van der Waals surface area contributed by atoms with Crippen molar-refractivity contribution in [3.63, 3.8) is 0 Å². The Labute approximate surface area is 145 Å². The minimum atomic E-state index is -3.50. The van der Waals surface area contributed by atoms with Crippen LogP contribution in [0.4, 0.5) is 5.69 Å². The van der Waals surface area contributed by atoms with E-state index in [9.17, 15) is 13.2 Å². The summed E-state index contributed by atoms with van der Waals surface area (Å²) in [5.74, 6) is -0.444. The lowest BCUT2D eigenvalue weighted by Gasteiger charge is -2.34. The molecule has 0 atom stereocenters. The first-order valence-electron chi connectivity index (χ1n) is 6.97. The van der Waals surface area contributed by atoms with Crippen LogP contribution in [0.15, 0.2) is 23.7 Å². The van der Waals surface area contributed by atoms with Gasteiger partial charge in [-0.3, -0.25) is 4.79 Å². The first kappa shape index (κ1) is 18.1. The van der Waals surface area contributed by atoms with E-state index in [1.54, 1.807) is 11.6 Å². The molecule has 2 N–H and O–H groups in total. The quantitative estimate of drug-likeness (QED) is 0.854. The summed E-state index contributed by atoms with van der Waals surface area (Å²) in [5.41, 5.74) is 3.20. The van der Waals surface area contributed by atoms with Crippen molar-refractivity contribution in [1.82, 2.24) is 10.3 Å². The van der Waals surface area contributed by atoms with Crippen molar-refractivity contribution in [1.29, 1.82) is 0 Å². The summed E-state index contributed by atoms with van der Waals surface area (Å²) < 4.78 is 24.0. The number of benzene rings is 1. The van der Waals surface area contributed by atoms with Crippen LogP contribution < -0.4 is 10.6 Å². The van der Waals surface area contributed by atoms with Crippen molar-refractivity contribution >= 4 is 55.4 Å². The number of aromatic nitrogens is 1. The predicted octanol–water partition coefficient (Wildman–Crippen LogP) is 1.82. The monoisotopic (exact) mass is 375 g/mol. The number of thiazole rings is 1. The fourth-order valence-corrected chi connectivity index (χ4v) is 4.82. The van der Waals surface area contributed by atoms with Gasteiger partial charge in [0.05, 0.1) is 15.7 Å². The standard InChI is InChI=1S/C14H17N3O3S2.ClH/c1-22(19,20)14(4-6-15-7-5-14)13(18)17-10-2-3-11-12(8-10)21-9-16-11;/h2-3,8-9,15H,4-7H2,1H3,(H,17,18);1H. The smallest absolute Gasteiger partial charge is 0.245 e. The average Bonchev–Trinajstić information content (AvgIpc) is 2.94. The number of nitrogens with one attached hydrogen (secondary N) is 2. The lowest BCUT2D eigenvalue weighted by Crippen LogP contribution is -2.55. The molecule has 23 heavy (non-hydrogen) atoms. The Morgan fingerprint density at radius 1 is 1.35 bits per heavy atom. The summed E-state index contributed by atoms with van der Waals surface area (Å²) in [4.78, 5) is 16.9.